The highest BCUT2D eigenvalue weighted by Crippen LogP contribution is 2.23. The molecule has 1 fully saturated rings. The maximum atomic E-state index is 6.14. The molecule has 4 rings (SSSR count). The van der Waals surface area contributed by atoms with E-state index in [2.05, 4.69) is 38.9 Å². The van der Waals surface area contributed by atoms with E-state index >= 15 is 0 Å². The average Bonchev–Trinajstić information content (AvgIpc) is 3.27. The Kier molecular flexibility index (Phi) is 5.87. The van der Waals surface area contributed by atoms with Gasteiger partial charge >= 0.3 is 0 Å². The highest BCUT2D eigenvalue weighted by Gasteiger charge is 2.09. The van der Waals surface area contributed by atoms with Crippen LogP contribution in [-0.4, -0.2) is 48.2 Å². The third kappa shape index (κ3) is 4.58. The zero-order valence-electron chi connectivity index (χ0n) is 15.5. The molecule has 1 aliphatic rings. The first-order valence-corrected chi connectivity index (χ1v) is 10.4. The second-order valence-corrected chi connectivity index (χ2v) is 7.84. The number of rotatable bonds is 6. The Balaban J connectivity index is 1.44. The SMILES string of the molecule is NC(=Nc1ccc2ccn(CCCN3CCCOCC3)c2c1)c1cccs1. The molecule has 3 aromatic rings. The summed E-state index contributed by atoms with van der Waals surface area (Å²) < 4.78 is 7.86. The number of nitrogens with zero attached hydrogens (tertiary/aromatic N) is 3. The minimum absolute atomic E-state index is 0.575. The van der Waals surface area contributed by atoms with Crippen molar-refractivity contribution >= 4 is 33.8 Å². The van der Waals surface area contributed by atoms with E-state index < -0.39 is 0 Å². The van der Waals surface area contributed by atoms with E-state index in [4.69, 9.17) is 10.5 Å². The van der Waals surface area contributed by atoms with Gasteiger partial charge in [0.15, 0.2) is 0 Å². The van der Waals surface area contributed by atoms with Crippen LogP contribution in [-0.2, 0) is 11.3 Å². The maximum Gasteiger partial charge on any atom is 0.141 e. The largest absolute Gasteiger partial charge is 0.383 e. The summed E-state index contributed by atoms with van der Waals surface area (Å²) in [5, 5.41) is 3.26. The Labute approximate surface area is 164 Å². The third-order valence-corrected chi connectivity index (χ3v) is 5.86. The Bertz CT molecular complexity index is 892. The highest BCUT2D eigenvalue weighted by atomic mass is 32.1. The molecule has 3 heterocycles. The number of benzene rings is 1. The van der Waals surface area contributed by atoms with Crippen LogP contribution < -0.4 is 5.73 Å². The molecule has 0 bridgehead atoms. The van der Waals surface area contributed by atoms with E-state index in [0.29, 0.717) is 5.84 Å². The molecule has 1 aliphatic heterocycles. The Hall–Kier alpha value is -2.15. The molecule has 1 aromatic carbocycles. The van der Waals surface area contributed by atoms with Crippen molar-refractivity contribution in [1.82, 2.24) is 9.47 Å². The van der Waals surface area contributed by atoms with Gasteiger partial charge in [-0.3, -0.25) is 0 Å². The molecule has 27 heavy (non-hydrogen) atoms. The van der Waals surface area contributed by atoms with Crippen molar-refractivity contribution in [2.45, 2.75) is 19.4 Å². The zero-order valence-corrected chi connectivity index (χ0v) is 16.3. The van der Waals surface area contributed by atoms with Crippen LogP contribution in [0, 0.1) is 0 Å². The smallest absolute Gasteiger partial charge is 0.141 e. The van der Waals surface area contributed by atoms with Gasteiger partial charge in [-0.25, -0.2) is 4.99 Å². The van der Waals surface area contributed by atoms with Gasteiger partial charge in [0.1, 0.15) is 5.84 Å². The van der Waals surface area contributed by atoms with Crippen molar-refractivity contribution in [3.63, 3.8) is 0 Å². The molecule has 0 spiro atoms. The monoisotopic (exact) mass is 382 g/mol. The Morgan fingerprint density at radius 1 is 1.15 bits per heavy atom. The zero-order chi connectivity index (χ0) is 18.5. The van der Waals surface area contributed by atoms with Crippen molar-refractivity contribution < 1.29 is 4.74 Å². The second kappa shape index (κ2) is 8.69. The summed E-state index contributed by atoms with van der Waals surface area (Å²) in [5.41, 5.74) is 8.26. The van der Waals surface area contributed by atoms with Gasteiger partial charge in [0.05, 0.1) is 22.7 Å². The van der Waals surface area contributed by atoms with Crippen LogP contribution in [0.2, 0.25) is 0 Å². The van der Waals surface area contributed by atoms with Gasteiger partial charge in [0, 0.05) is 32.4 Å². The molecule has 2 aromatic heterocycles. The minimum atomic E-state index is 0.575. The lowest BCUT2D eigenvalue weighted by molar-refractivity contribution is 0.141. The van der Waals surface area contributed by atoms with Crippen LogP contribution in [0.4, 0.5) is 5.69 Å². The fraction of sp³-hybridized carbons (Fsp3) is 0.381. The molecule has 0 unspecified atom stereocenters. The van der Waals surface area contributed by atoms with Crippen LogP contribution in [0.1, 0.15) is 17.7 Å². The average molecular weight is 383 g/mol. The number of fused-ring (bicyclic) bond motifs is 1. The van der Waals surface area contributed by atoms with Crippen LogP contribution in [0.5, 0.6) is 0 Å². The summed E-state index contributed by atoms with van der Waals surface area (Å²) in [7, 11) is 0. The summed E-state index contributed by atoms with van der Waals surface area (Å²) in [6, 6.07) is 12.5. The number of hydrogen-bond acceptors (Lipinski definition) is 4. The molecule has 2 N–H and O–H groups in total. The standard InChI is InChI=1S/C21H26N4OS/c22-21(20-4-1-15-27-20)23-18-6-5-17-7-11-25(19(17)16-18)10-2-8-24-9-3-13-26-14-12-24/h1,4-7,11,15-16H,2-3,8-10,12-14H2,(H2,22,23). The predicted octanol–water partition coefficient (Wildman–Crippen LogP) is 3.85. The molecular weight excluding hydrogens is 356 g/mol. The molecular formula is C21H26N4OS. The van der Waals surface area contributed by atoms with Crippen LogP contribution >= 0.6 is 11.3 Å². The number of hydrogen-bond donors (Lipinski definition) is 1. The van der Waals surface area contributed by atoms with Gasteiger partial charge in [0.25, 0.3) is 0 Å². The van der Waals surface area contributed by atoms with Crippen LogP contribution in [0.3, 0.4) is 0 Å². The third-order valence-electron chi connectivity index (χ3n) is 4.97. The van der Waals surface area contributed by atoms with E-state index in [1.807, 2.05) is 23.6 Å². The fourth-order valence-corrected chi connectivity index (χ4v) is 4.17. The van der Waals surface area contributed by atoms with Crippen LogP contribution in [0.25, 0.3) is 10.9 Å². The van der Waals surface area contributed by atoms with E-state index in [1.165, 1.54) is 10.9 Å². The topological polar surface area (TPSA) is 55.8 Å². The fourth-order valence-electron chi connectivity index (χ4n) is 3.54. The minimum Gasteiger partial charge on any atom is -0.383 e. The Morgan fingerprint density at radius 3 is 3.00 bits per heavy atom. The van der Waals surface area contributed by atoms with Crippen LogP contribution in [0.15, 0.2) is 53.0 Å². The first kappa shape index (κ1) is 18.2. The number of aryl methyl sites for hydroxylation is 1. The molecule has 142 valence electrons. The Morgan fingerprint density at radius 2 is 2.11 bits per heavy atom. The van der Waals surface area contributed by atoms with Gasteiger partial charge in [-0.15, -0.1) is 11.3 Å². The molecule has 1 saturated heterocycles. The highest BCUT2D eigenvalue weighted by molar-refractivity contribution is 7.12. The van der Waals surface area contributed by atoms with Gasteiger partial charge < -0.3 is 19.9 Å². The van der Waals surface area contributed by atoms with E-state index in [0.717, 1.165) is 62.8 Å². The number of ether oxygens (including phenoxy) is 1. The summed E-state index contributed by atoms with van der Waals surface area (Å²) >= 11 is 1.61. The number of aromatic nitrogens is 1. The summed E-state index contributed by atoms with van der Waals surface area (Å²) in [4.78, 5) is 8.12. The predicted molar refractivity (Wildman–Crippen MR) is 113 cm³/mol. The van der Waals surface area contributed by atoms with Crippen molar-refractivity contribution in [2.75, 3.05) is 32.8 Å². The van der Waals surface area contributed by atoms with Gasteiger partial charge in [0.2, 0.25) is 0 Å². The normalized spacial score (nSPS) is 16.7. The first-order valence-electron chi connectivity index (χ1n) is 9.57. The number of thiophene rings is 1. The van der Waals surface area contributed by atoms with E-state index in [-0.39, 0.29) is 0 Å². The van der Waals surface area contributed by atoms with Gasteiger partial charge in [-0.2, -0.15) is 0 Å². The van der Waals surface area contributed by atoms with Gasteiger partial charge in [-0.1, -0.05) is 12.1 Å². The molecule has 0 radical (unpaired) electrons. The quantitative estimate of drug-likeness (QED) is 0.520. The van der Waals surface area contributed by atoms with Crippen molar-refractivity contribution in [1.29, 1.82) is 0 Å². The van der Waals surface area contributed by atoms with Crippen molar-refractivity contribution in [3.05, 3.63) is 52.9 Å². The van der Waals surface area contributed by atoms with Crippen molar-refractivity contribution in [2.24, 2.45) is 10.7 Å². The second-order valence-electron chi connectivity index (χ2n) is 6.89. The molecule has 5 nitrogen and oxygen atoms in total. The van der Waals surface area contributed by atoms with Gasteiger partial charge in [-0.05, 0) is 54.4 Å². The maximum absolute atomic E-state index is 6.14. The molecule has 0 amide bonds. The first-order chi connectivity index (χ1) is 13.3. The lowest BCUT2D eigenvalue weighted by atomic mass is 10.2. The lowest BCUT2D eigenvalue weighted by Crippen LogP contribution is -2.28. The molecule has 0 aliphatic carbocycles. The lowest BCUT2D eigenvalue weighted by Gasteiger charge is -2.19. The van der Waals surface area contributed by atoms with E-state index in [9.17, 15) is 0 Å². The molecule has 0 saturated carbocycles. The summed E-state index contributed by atoms with van der Waals surface area (Å²) in [6.45, 7) is 6.08. The summed E-state index contributed by atoms with van der Waals surface area (Å²) in [6.07, 6.45) is 4.44. The number of amidine groups is 1. The van der Waals surface area contributed by atoms with E-state index in [1.54, 1.807) is 11.3 Å². The van der Waals surface area contributed by atoms with Crippen molar-refractivity contribution in [3.8, 4) is 0 Å². The molecule has 6 heteroatoms. The summed E-state index contributed by atoms with van der Waals surface area (Å²) in [5.74, 6) is 0.575. The number of nitrogens with two attached hydrogens (primary N) is 1. The molecule has 0 atom stereocenters. The number of aliphatic imine (C=N–C) groups is 1.